The zero-order valence-corrected chi connectivity index (χ0v) is 16.1. The summed E-state index contributed by atoms with van der Waals surface area (Å²) in [6.07, 6.45) is 1.68. The summed E-state index contributed by atoms with van der Waals surface area (Å²) < 4.78 is 6.81. The van der Waals surface area contributed by atoms with Crippen LogP contribution in [0.5, 0.6) is 5.75 Å². The van der Waals surface area contributed by atoms with Crippen LogP contribution in [0.1, 0.15) is 15.9 Å². The standard InChI is InChI=1S/C22H18N4O4/c1-30-20-10-7-18(8-11-20)24-22(27)16-4-2-15(3-5-16)14-25-21-12-19(26(28)29)9-6-17(21)13-23-25/h2-13H,14H2,1H3,(H,24,27). The van der Waals surface area contributed by atoms with Gasteiger partial charge in [-0.05, 0) is 48.0 Å². The van der Waals surface area contributed by atoms with E-state index in [9.17, 15) is 14.9 Å². The maximum absolute atomic E-state index is 12.4. The number of hydrogen-bond donors (Lipinski definition) is 1. The van der Waals surface area contributed by atoms with Gasteiger partial charge in [0.05, 0.1) is 30.3 Å². The number of amides is 1. The molecule has 4 rings (SSSR count). The van der Waals surface area contributed by atoms with E-state index in [4.69, 9.17) is 4.74 Å². The van der Waals surface area contributed by atoms with E-state index in [1.807, 2.05) is 12.1 Å². The Balaban J connectivity index is 1.48. The second kappa shape index (κ2) is 8.04. The maximum Gasteiger partial charge on any atom is 0.271 e. The van der Waals surface area contributed by atoms with Gasteiger partial charge >= 0.3 is 0 Å². The molecule has 0 fully saturated rings. The molecular formula is C22H18N4O4. The zero-order chi connectivity index (χ0) is 21.1. The van der Waals surface area contributed by atoms with Crippen LogP contribution in [0, 0.1) is 10.1 Å². The first kappa shape index (κ1) is 19.1. The molecule has 0 bridgehead atoms. The summed E-state index contributed by atoms with van der Waals surface area (Å²) in [6, 6.07) is 18.9. The third kappa shape index (κ3) is 3.97. The van der Waals surface area contributed by atoms with E-state index in [1.165, 1.54) is 12.1 Å². The Kier molecular flexibility index (Phi) is 5.13. The highest BCUT2D eigenvalue weighted by molar-refractivity contribution is 6.04. The number of benzene rings is 3. The molecule has 1 amide bonds. The molecule has 0 atom stereocenters. The molecule has 0 aliphatic carbocycles. The van der Waals surface area contributed by atoms with Gasteiger partial charge in [-0.25, -0.2) is 0 Å². The molecule has 30 heavy (non-hydrogen) atoms. The smallest absolute Gasteiger partial charge is 0.271 e. The highest BCUT2D eigenvalue weighted by atomic mass is 16.6. The number of anilines is 1. The number of fused-ring (bicyclic) bond motifs is 1. The minimum absolute atomic E-state index is 0.0230. The number of carbonyl (C=O) groups excluding carboxylic acids is 1. The van der Waals surface area contributed by atoms with Gasteiger partial charge in [0.25, 0.3) is 11.6 Å². The van der Waals surface area contributed by atoms with Gasteiger partial charge in [0.15, 0.2) is 0 Å². The van der Waals surface area contributed by atoms with E-state index >= 15 is 0 Å². The molecule has 1 N–H and O–H groups in total. The SMILES string of the molecule is COc1ccc(NC(=O)c2ccc(Cn3ncc4ccc([N+](=O)[O-])cc43)cc2)cc1. The molecule has 0 radical (unpaired) electrons. The fourth-order valence-corrected chi connectivity index (χ4v) is 3.11. The molecule has 0 saturated carbocycles. The van der Waals surface area contributed by atoms with Gasteiger partial charge in [0, 0.05) is 28.8 Å². The summed E-state index contributed by atoms with van der Waals surface area (Å²) in [5.41, 5.74) is 2.83. The summed E-state index contributed by atoms with van der Waals surface area (Å²) in [5, 5.41) is 19.0. The molecule has 0 unspecified atom stereocenters. The van der Waals surface area contributed by atoms with Crippen LogP contribution in [0.2, 0.25) is 0 Å². The van der Waals surface area contributed by atoms with Gasteiger partial charge in [0.2, 0.25) is 0 Å². The molecule has 8 heteroatoms. The molecule has 1 aromatic heterocycles. The predicted octanol–water partition coefficient (Wildman–Crippen LogP) is 4.25. The van der Waals surface area contributed by atoms with Gasteiger partial charge in [-0.2, -0.15) is 5.10 Å². The third-order valence-corrected chi connectivity index (χ3v) is 4.74. The Morgan fingerprint density at radius 2 is 1.83 bits per heavy atom. The fourth-order valence-electron chi connectivity index (χ4n) is 3.11. The Bertz CT molecular complexity index is 1210. The molecule has 0 aliphatic rings. The quantitative estimate of drug-likeness (QED) is 0.384. The molecule has 3 aromatic carbocycles. The van der Waals surface area contributed by atoms with Crippen LogP contribution in [0.4, 0.5) is 11.4 Å². The number of rotatable bonds is 6. The van der Waals surface area contributed by atoms with Crippen molar-refractivity contribution in [2.75, 3.05) is 12.4 Å². The van der Waals surface area contributed by atoms with Crippen LogP contribution in [0.15, 0.2) is 72.9 Å². The van der Waals surface area contributed by atoms with Crippen molar-refractivity contribution in [1.82, 2.24) is 9.78 Å². The van der Waals surface area contributed by atoms with Crippen LogP contribution in [-0.2, 0) is 6.54 Å². The summed E-state index contributed by atoms with van der Waals surface area (Å²) in [6.45, 7) is 0.436. The minimum Gasteiger partial charge on any atom is -0.497 e. The maximum atomic E-state index is 12.4. The summed E-state index contributed by atoms with van der Waals surface area (Å²) in [5.74, 6) is 0.501. The number of non-ortho nitro benzene ring substituents is 1. The lowest BCUT2D eigenvalue weighted by atomic mass is 10.1. The third-order valence-electron chi connectivity index (χ3n) is 4.74. The first-order valence-electron chi connectivity index (χ1n) is 9.18. The molecule has 4 aromatic rings. The van der Waals surface area contributed by atoms with Crippen molar-refractivity contribution in [3.63, 3.8) is 0 Å². The molecular weight excluding hydrogens is 384 g/mol. The number of nitro groups is 1. The van der Waals surface area contributed by atoms with Crippen molar-refractivity contribution in [2.24, 2.45) is 0 Å². The van der Waals surface area contributed by atoms with E-state index in [2.05, 4.69) is 10.4 Å². The van der Waals surface area contributed by atoms with Gasteiger partial charge in [0.1, 0.15) is 5.75 Å². The topological polar surface area (TPSA) is 99.3 Å². The van der Waals surface area contributed by atoms with Crippen LogP contribution in [0.3, 0.4) is 0 Å². The Hall–Kier alpha value is -4.20. The van der Waals surface area contributed by atoms with E-state index in [1.54, 1.807) is 60.5 Å². The van der Waals surface area contributed by atoms with E-state index in [0.717, 1.165) is 10.9 Å². The highest BCUT2D eigenvalue weighted by Gasteiger charge is 2.11. The molecule has 0 spiro atoms. The average Bonchev–Trinajstić information content (AvgIpc) is 3.16. The van der Waals surface area contributed by atoms with Crippen molar-refractivity contribution in [3.05, 3.63) is 94.2 Å². The van der Waals surface area contributed by atoms with E-state index in [0.29, 0.717) is 29.1 Å². The van der Waals surface area contributed by atoms with Crippen molar-refractivity contribution in [1.29, 1.82) is 0 Å². The predicted molar refractivity (Wildman–Crippen MR) is 113 cm³/mol. The van der Waals surface area contributed by atoms with E-state index in [-0.39, 0.29) is 11.6 Å². The number of nitrogens with one attached hydrogen (secondary N) is 1. The van der Waals surface area contributed by atoms with Crippen molar-refractivity contribution >= 4 is 28.2 Å². The number of nitro benzene ring substituents is 1. The van der Waals surface area contributed by atoms with Crippen molar-refractivity contribution in [2.45, 2.75) is 6.54 Å². The van der Waals surface area contributed by atoms with E-state index < -0.39 is 4.92 Å². The van der Waals surface area contributed by atoms with Crippen molar-refractivity contribution < 1.29 is 14.5 Å². The number of nitrogens with zero attached hydrogens (tertiary/aromatic N) is 3. The lowest BCUT2D eigenvalue weighted by Gasteiger charge is -2.08. The van der Waals surface area contributed by atoms with Crippen LogP contribution < -0.4 is 10.1 Å². The van der Waals surface area contributed by atoms with Gasteiger partial charge in [-0.15, -0.1) is 0 Å². The second-order valence-electron chi connectivity index (χ2n) is 6.68. The minimum atomic E-state index is -0.424. The molecule has 0 aliphatic heterocycles. The fraction of sp³-hybridized carbons (Fsp3) is 0.0909. The first-order chi connectivity index (χ1) is 14.5. The Morgan fingerprint density at radius 1 is 1.10 bits per heavy atom. The normalized spacial score (nSPS) is 10.7. The monoisotopic (exact) mass is 402 g/mol. The Labute approximate surface area is 171 Å². The molecule has 0 saturated heterocycles. The van der Waals surface area contributed by atoms with Crippen LogP contribution in [-0.4, -0.2) is 27.7 Å². The van der Waals surface area contributed by atoms with Crippen molar-refractivity contribution in [3.8, 4) is 5.75 Å². The summed E-state index contributed by atoms with van der Waals surface area (Å²) in [4.78, 5) is 23.1. The summed E-state index contributed by atoms with van der Waals surface area (Å²) in [7, 11) is 1.59. The number of ether oxygens (including phenoxy) is 1. The molecule has 1 heterocycles. The lowest BCUT2D eigenvalue weighted by Crippen LogP contribution is -2.12. The molecule has 150 valence electrons. The largest absolute Gasteiger partial charge is 0.497 e. The highest BCUT2D eigenvalue weighted by Crippen LogP contribution is 2.22. The lowest BCUT2D eigenvalue weighted by molar-refractivity contribution is -0.384. The van der Waals surface area contributed by atoms with Crippen LogP contribution in [0.25, 0.3) is 10.9 Å². The zero-order valence-electron chi connectivity index (χ0n) is 16.1. The molecule has 8 nitrogen and oxygen atoms in total. The Morgan fingerprint density at radius 3 is 2.50 bits per heavy atom. The average molecular weight is 402 g/mol. The number of methoxy groups -OCH3 is 1. The van der Waals surface area contributed by atoms with Gasteiger partial charge in [-0.1, -0.05) is 12.1 Å². The second-order valence-corrected chi connectivity index (χ2v) is 6.68. The van der Waals surface area contributed by atoms with Gasteiger partial charge < -0.3 is 10.1 Å². The van der Waals surface area contributed by atoms with Crippen LogP contribution >= 0.6 is 0 Å². The number of carbonyl (C=O) groups is 1. The number of aromatic nitrogens is 2. The number of hydrogen-bond acceptors (Lipinski definition) is 5. The first-order valence-corrected chi connectivity index (χ1v) is 9.18. The summed E-state index contributed by atoms with van der Waals surface area (Å²) >= 11 is 0. The van der Waals surface area contributed by atoms with Gasteiger partial charge in [-0.3, -0.25) is 19.6 Å².